The van der Waals surface area contributed by atoms with E-state index in [9.17, 15) is 0 Å². The maximum absolute atomic E-state index is 4.58. The molecular formula is C6H10O. The number of rotatable bonds is 0. The average molecular weight is 98.1 g/mol. The van der Waals surface area contributed by atoms with Gasteiger partial charge in [-0.2, -0.15) is 0 Å². The van der Waals surface area contributed by atoms with Crippen LogP contribution in [0.15, 0.2) is 29.1 Å². The van der Waals surface area contributed by atoms with E-state index in [-0.39, 0.29) is 0 Å². The molecule has 1 aromatic heterocycles. The summed E-state index contributed by atoms with van der Waals surface area (Å²) in [5.74, 6) is 0. The van der Waals surface area contributed by atoms with Crippen LogP contribution < -0.4 is 0 Å². The first-order valence-corrected chi connectivity index (χ1v) is 2.47. The van der Waals surface area contributed by atoms with Crippen LogP contribution >= 0.6 is 0 Å². The molecule has 0 fully saturated rings. The normalized spacial score (nSPS) is 6.57. The molecule has 0 saturated heterocycles. The second-order valence-electron chi connectivity index (χ2n) is 0.793. The Balaban J connectivity index is 0.000000162. The average Bonchev–Trinajstić information content (AvgIpc) is 2.23. The van der Waals surface area contributed by atoms with Gasteiger partial charge in [-0.05, 0) is 12.1 Å². The van der Waals surface area contributed by atoms with Gasteiger partial charge in [0.2, 0.25) is 0 Å². The Kier molecular flexibility index (Phi) is 4.74. The molecule has 0 aliphatic rings. The molecule has 7 heavy (non-hydrogen) atoms. The van der Waals surface area contributed by atoms with Gasteiger partial charge in [0.05, 0.1) is 12.5 Å². The Hall–Kier alpha value is -0.720. The van der Waals surface area contributed by atoms with Gasteiger partial charge in [-0.1, -0.05) is 13.8 Å². The van der Waals surface area contributed by atoms with Gasteiger partial charge in [0.1, 0.15) is 0 Å². The largest absolute Gasteiger partial charge is 0.473 e. The van der Waals surface area contributed by atoms with Gasteiger partial charge in [-0.3, -0.25) is 0 Å². The fraction of sp³-hybridized carbons (Fsp3) is 0.333. The van der Waals surface area contributed by atoms with Crippen LogP contribution in [-0.2, 0) is 0 Å². The monoisotopic (exact) mass is 98.1 g/mol. The zero-order chi connectivity index (χ0) is 5.54. The van der Waals surface area contributed by atoms with Crippen LogP contribution in [0.1, 0.15) is 13.8 Å². The summed E-state index contributed by atoms with van der Waals surface area (Å²) >= 11 is 0. The molecule has 0 aliphatic carbocycles. The molecule has 1 aromatic rings. The van der Waals surface area contributed by atoms with Crippen molar-refractivity contribution in [2.75, 3.05) is 0 Å². The highest BCUT2D eigenvalue weighted by molar-refractivity contribution is 4.79. The molecule has 1 rings (SSSR count). The van der Waals surface area contributed by atoms with E-state index in [0.29, 0.717) is 0 Å². The molecule has 0 spiro atoms. The van der Waals surface area contributed by atoms with Crippen molar-refractivity contribution in [2.24, 2.45) is 0 Å². The van der Waals surface area contributed by atoms with Crippen LogP contribution in [0.5, 0.6) is 0 Å². The van der Waals surface area contributed by atoms with Crippen molar-refractivity contribution in [1.82, 2.24) is 0 Å². The Morgan fingerprint density at radius 1 is 1.00 bits per heavy atom. The second kappa shape index (κ2) is 5.28. The van der Waals surface area contributed by atoms with Crippen molar-refractivity contribution in [2.45, 2.75) is 13.8 Å². The Morgan fingerprint density at radius 3 is 1.57 bits per heavy atom. The lowest BCUT2D eigenvalue weighted by molar-refractivity contribution is 0.567. The zero-order valence-electron chi connectivity index (χ0n) is 4.72. The van der Waals surface area contributed by atoms with E-state index in [0.717, 1.165) is 0 Å². The summed E-state index contributed by atoms with van der Waals surface area (Å²) in [5.41, 5.74) is 0. The van der Waals surface area contributed by atoms with Crippen LogP contribution in [0.2, 0.25) is 0 Å². The zero-order valence-corrected chi connectivity index (χ0v) is 4.72. The maximum atomic E-state index is 4.58. The van der Waals surface area contributed by atoms with Crippen molar-refractivity contribution in [3.63, 3.8) is 0 Å². The summed E-state index contributed by atoms with van der Waals surface area (Å²) in [6, 6.07) is 3.67. The van der Waals surface area contributed by atoms with Gasteiger partial charge in [-0.25, -0.2) is 0 Å². The maximum Gasteiger partial charge on any atom is 0.0902 e. The van der Waals surface area contributed by atoms with E-state index >= 15 is 0 Å². The van der Waals surface area contributed by atoms with Crippen molar-refractivity contribution >= 4 is 0 Å². The third-order valence-corrected chi connectivity index (χ3v) is 0.425. The number of furan rings is 1. The molecule has 0 bridgehead atoms. The molecule has 1 heterocycles. The summed E-state index contributed by atoms with van der Waals surface area (Å²) in [7, 11) is 0. The highest BCUT2D eigenvalue weighted by Gasteiger charge is 1.58. The van der Waals surface area contributed by atoms with Crippen LogP contribution in [-0.4, -0.2) is 0 Å². The highest BCUT2D eigenvalue weighted by atomic mass is 16.3. The fourth-order valence-electron chi connectivity index (χ4n) is 0.227. The molecule has 0 unspecified atom stereocenters. The van der Waals surface area contributed by atoms with Crippen LogP contribution in [0, 0.1) is 0 Å². The van der Waals surface area contributed by atoms with Crippen LogP contribution in [0.25, 0.3) is 0 Å². The molecule has 40 valence electrons. The van der Waals surface area contributed by atoms with Crippen molar-refractivity contribution < 1.29 is 4.42 Å². The SMILES string of the molecule is CC.c1ccoc1. The third-order valence-electron chi connectivity index (χ3n) is 0.425. The summed E-state index contributed by atoms with van der Waals surface area (Å²) in [6.45, 7) is 4.00. The molecule has 1 heteroatoms. The van der Waals surface area contributed by atoms with E-state index in [1.54, 1.807) is 12.5 Å². The molecule has 0 aliphatic heterocycles. The van der Waals surface area contributed by atoms with Crippen molar-refractivity contribution in [3.8, 4) is 0 Å². The van der Waals surface area contributed by atoms with Gasteiger partial charge in [0.25, 0.3) is 0 Å². The van der Waals surface area contributed by atoms with E-state index < -0.39 is 0 Å². The minimum Gasteiger partial charge on any atom is -0.473 e. The van der Waals surface area contributed by atoms with E-state index in [1.165, 1.54) is 0 Å². The van der Waals surface area contributed by atoms with Gasteiger partial charge < -0.3 is 4.42 Å². The first-order valence-electron chi connectivity index (χ1n) is 2.47. The molecule has 0 saturated carbocycles. The van der Waals surface area contributed by atoms with Gasteiger partial charge in [0, 0.05) is 0 Å². The summed E-state index contributed by atoms with van der Waals surface area (Å²) in [6.07, 6.45) is 3.25. The van der Waals surface area contributed by atoms with E-state index in [2.05, 4.69) is 4.42 Å². The third kappa shape index (κ3) is 3.10. The van der Waals surface area contributed by atoms with Crippen LogP contribution in [0.4, 0.5) is 0 Å². The van der Waals surface area contributed by atoms with Crippen molar-refractivity contribution in [1.29, 1.82) is 0 Å². The van der Waals surface area contributed by atoms with Crippen LogP contribution in [0.3, 0.4) is 0 Å². The Bertz CT molecular complexity index is 60.7. The highest BCUT2D eigenvalue weighted by Crippen LogP contribution is 1.79. The van der Waals surface area contributed by atoms with E-state index in [1.807, 2.05) is 26.0 Å². The van der Waals surface area contributed by atoms with Gasteiger partial charge >= 0.3 is 0 Å². The Morgan fingerprint density at radius 2 is 1.43 bits per heavy atom. The Labute approximate surface area is 44.0 Å². The molecule has 1 nitrogen and oxygen atoms in total. The molecule has 0 amide bonds. The topological polar surface area (TPSA) is 13.1 Å². The molecular weight excluding hydrogens is 88.1 g/mol. The number of hydrogen-bond acceptors (Lipinski definition) is 1. The van der Waals surface area contributed by atoms with E-state index in [4.69, 9.17) is 0 Å². The van der Waals surface area contributed by atoms with Crippen molar-refractivity contribution in [3.05, 3.63) is 24.7 Å². The minimum absolute atomic E-state index is 1.62. The lowest BCUT2D eigenvalue weighted by Crippen LogP contribution is -1.16. The number of hydrogen-bond donors (Lipinski definition) is 0. The summed E-state index contributed by atoms with van der Waals surface area (Å²) in [4.78, 5) is 0. The molecule has 0 radical (unpaired) electrons. The lowest BCUT2D eigenvalue weighted by atomic mass is 10.7. The predicted octanol–water partition coefficient (Wildman–Crippen LogP) is 2.31. The quantitative estimate of drug-likeness (QED) is 0.485. The predicted molar refractivity (Wildman–Crippen MR) is 30.1 cm³/mol. The first kappa shape index (κ1) is 6.28. The molecule has 0 aromatic carbocycles. The van der Waals surface area contributed by atoms with Gasteiger partial charge in [-0.15, -0.1) is 0 Å². The summed E-state index contributed by atoms with van der Waals surface area (Å²) in [5, 5.41) is 0. The minimum atomic E-state index is 1.62. The summed E-state index contributed by atoms with van der Waals surface area (Å²) < 4.78 is 4.58. The second-order valence-corrected chi connectivity index (χ2v) is 0.793. The van der Waals surface area contributed by atoms with Gasteiger partial charge in [0.15, 0.2) is 0 Å². The lowest BCUT2D eigenvalue weighted by Gasteiger charge is -1.50. The molecule has 0 atom stereocenters. The standard InChI is InChI=1S/C4H4O.C2H6/c1-2-4-5-3-1;1-2/h1-4H;1-2H3. The fourth-order valence-corrected chi connectivity index (χ4v) is 0.227. The smallest absolute Gasteiger partial charge is 0.0902 e. The molecule has 0 N–H and O–H groups in total. The first-order chi connectivity index (χ1) is 3.50.